The van der Waals surface area contributed by atoms with Crippen LogP contribution in [0.4, 0.5) is 0 Å². The average molecular weight is 235 g/mol. The first kappa shape index (κ1) is 12.9. The molecule has 1 aromatic carbocycles. The van der Waals surface area contributed by atoms with Gasteiger partial charge < -0.3 is 11.0 Å². The zero-order valence-corrected chi connectivity index (χ0v) is 9.64. The maximum atomic E-state index is 11.6. The Bertz CT molecular complexity index is 619. The highest BCUT2D eigenvalue weighted by Gasteiger charge is 2.09. The Kier molecular flexibility index (Phi) is 3.59. The molecule has 0 atom stereocenters. The van der Waals surface area contributed by atoms with E-state index in [2.05, 4.69) is 4.98 Å². The van der Waals surface area contributed by atoms with Gasteiger partial charge in [-0.3, -0.25) is 0 Å². The Hall–Kier alpha value is -2.21. The fourth-order valence-electron chi connectivity index (χ4n) is 1.53. The molecule has 0 bridgehead atoms. The predicted molar refractivity (Wildman–Crippen MR) is 63.0 cm³/mol. The van der Waals surface area contributed by atoms with Crippen LogP contribution >= 0.6 is 0 Å². The first-order valence-electron chi connectivity index (χ1n) is 4.77. The largest absolute Gasteiger partial charge is 0.381 e. The van der Waals surface area contributed by atoms with Crippen molar-refractivity contribution in [3.05, 3.63) is 40.4 Å². The van der Waals surface area contributed by atoms with E-state index in [-0.39, 0.29) is 6.15 Å². The molecule has 1 aromatic heterocycles. The van der Waals surface area contributed by atoms with Gasteiger partial charge in [0, 0.05) is 12.3 Å². The summed E-state index contributed by atoms with van der Waals surface area (Å²) in [6.07, 6.45) is 0. The topological polar surface area (TPSA) is 96.2 Å². The van der Waals surface area contributed by atoms with E-state index >= 15 is 0 Å². The first-order chi connectivity index (χ1) is 7.59. The van der Waals surface area contributed by atoms with Crippen molar-refractivity contribution in [2.45, 2.75) is 13.8 Å². The molecule has 0 saturated carbocycles. The van der Waals surface area contributed by atoms with Crippen molar-refractivity contribution in [2.24, 2.45) is 0 Å². The van der Waals surface area contributed by atoms with Crippen molar-refractivity contribution in [1.82, 2.24) is 15.9 Å². The zero-order chi connectivity index (χ0) is 11.7. The van der Waals surface area contributed by atoms with E-state index in [1.54, 1.807) is 19.1 Å². The van der Waals surface area contributed by atoms with Gasteiger partial charge >= 0.3 is 11.7 Å². The number of aryl methyl sites for hydroxylation is 1. The van der Waals surface area contributed by atoms with Gasteiger partial charge in [0.05, 0.1) is 11.2 Å². The molecule has 2 rings (SSSR count). The molecule has 0 spiro atoms. The summed E-state index contributed by atoms with van der Waals surface area (Å²) in [5.74, 6) is -0.557. The Morgan fingerprint density at radius 3 is 2.65 bits per heavy atom. The minimum Gasteiger partial charge on any atom is -0.344 e. The van der Waals surface area contributed by atoms with Gasteiger partial charge in [-0.2, -0.15) is 4.98 Å². The quantitative estimate of drug-likeness (QED) is 0.790. The molecule has 0 fully saturated rings. The summed E-state index contributed by atoms with van der Waals surface area (Å²) in [6, 6.07) is 7.12. The molecule has 0 aliphatic heterocycles. The van der Waals surface area contributed by atoms with Crippen molar-refractivity contribution in [2.75, 3.05) is 0 Å². The number of rotatable bonds is 1. The van der Waals surface area contributed by atoms with Crippen LogP contribution in [-0.4, -0.2) is 15.7 Å². The molecule has 2 aromatic rings. The minimum atomic E-state index is -0.591. The third kappa shape index (κ3) is 2.31. The Morgan fingerprint density at radius 2 is 2.00 bits per heavy atom. The molecule has 0 aliphatic carbocycles. The van der Waals surface area contributed by atoms with Gasteiger partial charge in [0.1, 0.15) is 0 Å². The summed E-state index contributed by atoms with van der Waals surface area (Å²) in [7, 11) is 0. The lowest BCUT2D eigenvalue weighted by molar-refractivity contribution is -0.141. The molecule has 6 heteroatoms. The predicted octanol–water partition coefficient (Wildman–Crippen LogP) is 0.842. The van der Waals surface area contributed by atoms with E-state index in [0.717, 1.165) is 10.1 Å². The van der Waals surface area contributed by atoms with E-state index in [1.165, 1.54) is 6.92 Å². The molecule has 17 heavy (non-hydrogen) atoms. The number of aromatic nitrogens is 2. The number of carbonyl (C=O) groups is 1. The monoisotopic (exact) mass is 235 g/mol. The van der Waals surface area contributed by atoms with Gasteiger partial charge in [-0.25, -0.2) is 9.59 Å². The molecule has 0 amide bonds. The highest BCUT2D eigenvalue weighted by molar-refractivity contribution is 5.81. The first-order valence-corrected chi connectivity index (χ1v) is 4.77. The summed E-state index contributed by atoms with van der Waals surface area (Å²) >= 11 is 0. The molecule has 0 radical (unpaired) electrons. The second kappa shape index (κ2) is 4.75. The van der Waals surface area contributed by atoms with Crippen LogP contribution in [0.3, 0.4) is 0 Å². The number of para-hydroxylation sites is 1. The zero-order valence-electron chi connectivity index (χ0n) is 9.64. The maximum absolute atomic E-state index is 11.6. The van der Waals surface area contributed by atoms with Gasteiger partial charge in [-0.1, -0.05) is 18.2 Å². The number of hydrogen-bond acceptors (Lipinski definition) is 5. The fourth-order valence-corrected chi connectivity index (χ4v) is 1.53. The molecular formula is C11H13N3O3. The lowest BCUT2D eigenvalue weighted by Gasteiger charge is -2.08. The van der Waals surface area contributed by atoms with Crippen molar-refractivity contribution >= 4 is 16.9 Å². The lowest BCUT2D eigenvalue weighted by Crippen LogP contribution is -2.32. The van der Waals surface area contributed by atoms with Crippen LogP contribution in [0.25, 0.3) is 10.9 Å². The SMILES string of the molecule is CC(=O)On1c(=O)nc(C)c2ccccc21.N. The van der Waals surface area contributed by atoms with Crippen LogP contribution < -0.4 is 16.7 Å². The Morgan fingerprint density at radius 1 is 1.35 bits per heavy atom. The van der Waals surface area contributed by atoms with Crippen LogP contribution in [0.5, 0.6) is 0 Å². The third-order valence-corrected chi connectivity index (χ3v) is 2.17. The van der Waals surface area contributed by atoms with E-state index in [9.17, 15) is 9.59 Å². The van der Waals surface area contributed by atoms with Gasteiger partial charge in [-0.15, -0.1) is 4.73 Å². The summed E-state index contributed by atoms with van der Waals surface area (Å²) in [5.41, 5.74) is 0.561. The van der Waals surface area contributed by atoms with Gasteiger partial charge in [0.25, 0.3) is 0 Å². The number of fused-ring (bicyclic) bond motifs is 1. The van der Waals surface area contributed by atoms with E-state index in [0.29, 0.717) is 11.2 Å². The van der Waals surface area contributed by atoms with E-state index in [4.69, 9.17) is 4.84 Å². The van der Waals surface area contributed by atoms with E-state index in [1.807, 2.05) is 12.1 Å². The van der Waals surface area contributed by atoms with Crippen molar-refractivity contribution in [3.63, 3.8) is 0 Å². The van der Waals surface area contributed by atoms with Crippen LogP contribution in [0.2, 0.25) is 0 Å². The molecular weight excluding hydrogens is 222 g/mol. The van der Waals surface area contributed by atoms with Crippen molar-refractivity contribution < 1.29 is 9.63 Å². The molecule has 3 N–H and O–H groups in total. The highest BCUT2D eigenvalue weighted by Crippen LogP contribution is 2.13. The summed E-state index contributed by atoms with van der Waals surface area (Å²) in [4.78, 5) is 31.0. The molecule has 6 nitrogen and oxygen atoms in total. The summed E-state index contributed by atoms with van der Waals surface area (Å²) < 4.78 is 0.907. The summed E-state index contributed by atoms with van der Waals surface area (Å²) in [6.45, 7) is 2.98. The van der Waals surface area contributed by atoms with E-state index < -0.39 is 11.7 Å². The van der Waals surface area contributed by atoms with Crippen LogP contribution in [0.1, 0.15) is 12.6 Å². The van der Waals surface area contributed by atoms with Crippen LogP contribution in [-0.2, 0) is 4.79 Å². The third-order valence-electron chi connectivity index (χ3n) is 2.17. The van der Waals surface area contributed by atoms with Crippen molar-refractivity contribution in [3.8, 4) is 0 Å². The Balaban J connectivity index is 0.00000144. The number of nitrogens with zero attached hydrogens (tertiary/aromatic N) is 2. The number of carbonyl (C=O) groups excluding carboxylic acids is 1. The molecule has 1 heterocycles. The highest BCUT2D eigenvalue weighted by atomic mass is 16.7. The summed E-state index contributed by atoms with van der Waals surface area (Å²) in [5, 5.41) is 0.781. The minimum absolute atomic E-state index is 0. The molecule has 90 valence electrons. The van der Waals surface area contributed by atoms with Crippen molar-refractivity contribution in [1.29, 1.82) is 0 Å². The molecule has 0 unspecified atom stereocenters. The average Bonchev–Trinajstić information content (AvgIpc) is 2.24. The smallest absolute Gasteiger partial charge is 0.344 e. The fraction of sp³-hybridized carbons (Fsp3) is 0.182. The van der Waals surface area contributed by atoms with Gasteiger partial charge in [-0.05, 0) is 13.0 Å². The van der Waals surface area contributed by atoms with Crippen LogP contribution in [0, 0.1) is 6.92 Å². The number of hydrogen-bond donors (Lipinski definition) is 1. The second-order valence-corrected chi connectivity index (χ2v) is 3.37. The molecule has 0 saturated heterocycles. The van der Waals surface area contributed by atoms with Crippen LogP contribution in [0.15, 0.2) is 29.1 Å². The lowest BCUT2D eigenvalue weighted by atomic mass is 10.2. The second-order valence-electron chi connectivity index (χ2n) is 3.37. The normalized spacial score (nSPS) is 9.76. The maximum Gasteiger partial charge on any atom is 0.381 e. The number of benzene rings is 1. The van der Waals surface area contributed by atoms with Gasteiger partial charge in [0.15, 0.2) is 0 Å². The molecule has 0 aliphatic rings. The van der Waals surface area contributed by atoms with Gasteiger partial charge in [0.2, 0.25) is 0 Å². The Labute approximate surface area is 97.4 Å². The standard InChI is InChI=1S/C11H10N2O3.H3N/c1-7-9-5-3-4-6-10(9)13(11(15)12-7)16-8(2)14;/h3-6H,1-2H3;1H3.